The van der Waals surface area contributed by atoms with Crippen molar-refractivity contribution in [2.45, 2.75) is 12.8 Å². The number of benzene rings is 1. The Morgan fingerprint density at radius 1 is 1.32 bits per heavy atom. The van der Waals surface area contributed by atoms with Crippen LogP contribution in [0.1, 0.15) is 12.8 Å². The minimum Gasteiger partial charge on any atom is -0.288 e. The van der Waals surface area contributed by atoms with Crippen LogP contribution in [0.5, 0.6) is 0 Å². The van der Waals surface area contributed by atoms with Gasteiger partial charge in [-0.15, -0.1) is 0 Å². The number of hydrogen-bond acceptors (Lipinski definition) is 3. The summed E-state index contributed by atoms with van der Waals surface area (Å²) in [5.74, 6) is 0.156. The summed E-state index contributed by atoms with van der Waals surface area (Å²) in [7, 11) is 0. The largest absolute Gasteiger partial charge is 0.288 e. The van der Waals surface area contributed by atoms with Crippen molar-refractivity contribution in [1.82, 2.24) is 4.98 Å². The lowest BCUT2D eigenvalue weighted by Crippen LogP contribution is -2.23. The molecule has 0 bridgehead atoms. The van der Waals surface area contributed by atoms with Crippen LogP contribution in [0, 0.1) is 0 Å². The summed E-state index contributed by atoms with van der Waals surface area (Å²) in [6.45, 7) is 0.763. The standard InChI is InChI=1S/C13H10BrClN2OS/c14-12-11(8-3-5-9(15)6-4-8)16-13(19-12)17-7-1-2-10(17)18/h3-6H,1-2,7H2. The van der Waals surface area contributed by atoms with Gasteiger partial charge in [0.15, 0.2) is 5.13 Å². The van der Waals surface area contributed by atoms with Crippen LogP contribution in [0.2, 0.25) is 5.02 Å². The van der Waals surface area contributed by atoms with Crippen molar-refractivity contribution in [1.29, 1.82) is 0 Å². The van der Waals surface area contributed by atoms with Crippen LogP contribution in [0.25, 0.3) is 11.3 Å². The summed E-state index contributed by atoms with van der Waals surface area (Å²) in [5.41, 5.74) is 1.85. The lowest BCUT2D eigenvalue weighted by atomic mass is 10.2. The lowest BCUT2D eigenvalue weighted by Gasteiger charge is -2.10. The van der Waals surface area contributed by atoms with Crippen molar-refractivity contribution in [3.05, 3.63) is 33.1 Å². The monoisotopic (exact) mass is 356 g/mol. The average molecular weight is 358 g/mol. The molecule has 1 amide bonds. The van der Waals surface area contributed by atoms with E-state index in [1.54, 1.807) is 4.90 Å². The van der Waals surface area contributed by atoms with Gasteiger partial charge in [-0.3, -0.25) is 9.69 Å². The Hall–Kier alpha value is -0.910. The summed E-state index contributed by atoms with van der Waals surface area (Å²) in [6.07, 6.45) is 1.53. The minimum atomic E-state index is 0.156. The molecule has 0 atom stereocenters. The number of carbonyl (C=O) groups is 1. The fraction of sp³-hybridized carbons (Fsp3) is 0.231. The molecule has 2 heterocycles. The first-order valence-electron chi connectivity index (χ1n) is 5.88. The molecule has 3 nitrogen and oxygen atoms in total. The maximum absolute atomic E-state index is 11.7. The van der Waals surface area contributed by atoms with Gasteiger partial charge < -0.3 is 0 Å². The number of nitrogens with zero attached hydrogens (tertiary/aromatic N) is 2. The van der Waals surface area contributed by atoms with E-state index in [-0.39, 0.29) is 5.91 Å². The van der Waals surface area contributed by atoms with Crippen LogP contribution < -0.4 is 4.90 Å². The molecule has 1 saturated heterocycles. The highest BCUT2D eigenvalue weighted by atomic mass is 79.9. The molecule has 1 aliphatic heterocycles. The highest BCUT2D eigenvalue weighted by molar-refractivity contribution is 9.11. The zero-order chi connectivity index (χ0) is 13.4. The van der Waals surface area contributed by atoms with Crippen LogP contribution in [0.15, 0.2) is 28.1 Å². The Morgan fingerprint density at radius 2 is 2.05 bits per heavy atom. The molecule has 98 valence electrons. The van der Waals surface area contributed by atoms with Crippen LogP contribution >= 0.6 is 38.9 Å². The summed E-state index contributed by atoms with van der Waals surface area (Å²) in [5, 5.41) is 1.46. The van der Waals surface area contributed by atoms with E-state index in [0.717, 1.165) is 33.1 Å². The van der Waals surface area contributed by atoms with Gasteiger partial charge in [-0.05, 0) is 34.5 Å². The number of amides is 1. The maximum Gasteiger partial charge on any atom is 0.228 e. The number of halogens is 2. The third kappa shape index (κ3) is 2.55. The van der Waals surface area contributed by atoms with Crippen molar-refractivity contribution in [3.63, 3.8) is 0 Å². The molecule has 2 aromatic rings. The number of thiazole rings is 1. The van der Waals surface area contributed by atoms with E-state index in [1.165, 1.54) is 11.3 Å². The number of hydrogen-bond donors (Lipinski definition) is 0. The van der Waals surface area contributed by atoms with Gasteiger partial charge in [0.2, 0.25) is 5.91 Å². The van der Waals surface area contributed by atoms with Crippen molar-refractivity contribution >= 4 is 49.9 Å². The van der Waals surface area contributed by atoms with Gasteiger partial charge in [0.25, 0.3) is 0 Å². The number of anilines is 1. The fourth-order valence-corrected chi connectivity index (χ4v) is 3.78. The topological polar surface area (TPSA) is 33.2 Å². The Labute approximate surface area is 128 Å². The molecule has 0 saturated carbocycles. The number of carbonyl (C=O) groups excluding carboxylic acids is 1. The van der Waals surface area contributed by atoms with E-state index in [9.17, 15) is 4.79 Å². The van der Waals surface area contributed by atoms with Gasteiger partial charge in [-0.25, -0.2) is 4.98 Å². The van der Waals surface area contributed by atoms with Crippen molar-refractivity contribution in [3.8, 4) is 11.3 Å². The second-order valence-electron chi connectivity index (χ2n) is 4.27. The Kier molecular flexibility index (Phi) is 3.60. The molecule has 19 heavy (non-hydrogen) atoms. The molecular weight excluding hydrogens is 348 g/mol. The van der Waals surface area contributed by atoms with Gasteiger partial charge in [0, 0.05) is 23.6 Å². The molecule has 3 rings (SSSR count). The molecule has 0 spiro atoms. The van der Waals surface area contributed by atoms with E-state index in [0.29, 0.717) is 11.4 Å². The second kappa shape index (κ2) is 5.23. The van der Waals surface area contributed by atoms with Crippen LogP contribution in [0.3, 0.4) is 0 Å². The van der Waals surface area contributed by atoms with Crippen LogP contribution in [-0.4, -0.2) is 17.4 Å². The third-order valence-corrected chi connectivity index (χ3v) is 4.98. The highest BCUT2D eigenvalue weighted by Gasteiger charge is 2.25. The quantitative estimate of drug-likeness (QED) is 0.800. The molecule has 1 aromatic heterocycles. The van der Waals surface area contributed by atoms with Crippen LogP contribution in [-0.2, 0) is 4.79 Å². The van der Waals surface area contributed by atoms with E-state index in [1.807, 2.05) is 24.3 Å². The van der Waals surface area contributed by atoms with Gasteiger partial charge in [0.05, 0.1) is 9.48 Å². The maximum atomic E-state index is 11.7. The number of rotatable bonds is 2. The zero-order valence-electron chi connectivity index (χ0n) is 9.90. The molecule has 0 N–H and O–H groups in total. The van der Waals surface area contributed by atoms with Gasteiger partial charge in [0.1, 0.15) is 0 Å². The summed E-state index contributed by atoms with van der Waals surface area (Å²) >= 11 is 10.9. The second-order valence-corrected chi connectivity index (χ2v) is 7.01. The van der Waals surface area contributed by atoms with E-state index in [4.69, 9.17) is 11.6 Å². The van der Waals surface area contributed by atoms with Gasteiger partial charge in [-0.2, -0.15) is 0 Å². The van der Waals surface area contributed by atoms with Gasteiger partial charge in [-0.1, -0.05) is 35.1 Å². The summed E-state index contributed by atoms with van der Waals surface area (Å²) in [4.78, 5) is 18.1. The van der Waals surface area contributed by atoms with E-state index < -0.39 is 0 Å². The summed E-state index contributed by atoms with van der Waals surface area (Å²) < 4.78 is 0.935. The Morgan fingerprint density at radius 3 is 2.68 bits per heavy atom. The zero-order valence-corrected chi connectivity index (χ0v) is 13.1. The van der Waals surface area contributed by atoms with Crippen molar-refractivity contribution < 1.29 is 4.79 Å². The van der Waals surface area contributed by atoms with Gasteiger partial charge >= 0.3 is 0 Å². The predicted octanol–water partition coefficient (Wildman–Crippen LogP) is 4.35. The normalized spacial score (nSPS) is 15.3. The molecule has 6 heteroatoms. The highest BCUT2D eigenvalue weighted by Crippen LogP contribution is 2.38. The molecular formula is C13H10BrClN2OS. The smallest absolute Gasteiger partial charge is 0.228 e. The SMILES string of the molecule is O=C1CCCN1c1nc(-c2ccc(Cl)cc2)c(Br)s1. The molecule has 1 aliphatic rings. The van der Waals surface area contributed by atoms with Crippen molar-refractivity contribution in [2.75, 3.05) is 11.4 Å². The first-order chi connectivity index (χ1) is 9.15. The van der Waals surface area contributed by atoms with E-state index in [2.05, 4.69) is 20.9 Å². The summed E-state index contributed by atoms with van der Waals surface area (Å²) in [6, 6.07) is 7.53. The minimum absolute atomic E-state index is 0.156. The molecule has 0 unspecified atom stereocenters. The Bertz CT molecular complexity index is 626. The third-order valence-electron chi connectivity index (χ3n) is 3.00. The fourth-order valence-electron chi connectivity index (χ4n) is 2.04. The first kappa shape index (κ1) is 13.1. The molecule has 0 aliphatic carbocycles. The van der Waals surface area contributed by atoms with E-state index >= 15 is 0 Å². The lowest BCUT2D eigenvalue weighted by molar-refractivity contribution is -0.117. The molecule has 1 fully saturated rings. The van der Waals surface area contributed by atoms with Crippen LogP contribution in [0.4, 0.5) is 5.13 Å². The molecule has 1 aromatic carbocycles. The predicted molar refractivity (Wildman–Crippen MR) is 81.8 cm³/mol. The van der Waals surface area contributed by atoms with Crippen molar-refractivity contribution in [2.24, 2.45) is 0 Å². The first-order valence-corrected chi connectivity index (χ1v) is 7.86. The Balaban J connectivity index is 1.97. The molecule has 0 radical (unpaired) electrons. The average Bonchev–Trinajstić information content (AvgIpc) is 2.96. The number of aromatic nitrogens is 1.